The first kappa shape index (κ1) is 18.7. The molecule has 1 aromatic carbocycles. The Kier molecular flexibility index (Phi) is 5.94. The number of esters is 1. The molecule has 2 amide bonds. The predicted molar refractivity (Wildman–Crippen MR) is 88.0 cm³/mol. The summed E-state index contributed by atoms with van der Waals surface area (Å²) in [7, 11) is 1.47. The molecule has 2 N–H and O–H groups in total. The molecule has 2 rings (SSSR count). The average Bonchev–Trinajstić information content (AvgIpc) is 2.54. The van der Waals surface area contributed by atoms with Gasteiger partial charge in [-0.1, -0.05) is 17.7 Å². The molecule has 0 aliphatic carbocycles. The lowest BCUT2D eigenvalue weighted by atomic mass is 9.95. The molecule has 10 heteroatoms. The minimum absolute atomic E-state index is 0.0353. The number of amides is 2. The Labute approximate surface area is 148 Å². The zero-order chi connectivity index (χ0) is 18.6. The molecule has 134 valence electrons. The number of hydrogen-bond acceptors (Lipinski definition) is 6. The summed E-state index contributed by atoms with van der Waals surface area (Å²) >= 11 is 5.81. The molecule has 1 aliphatic heterocycles. The third-order valence-corrected chi connectivity index (χ3v) is 3.83. The summed E-state index contributed by atoms with van der Waals surface area (Å²) < 4.78 is 9.93. The molecule has 0 fully saturated rings. The molecule has 1 aromatic rings. The van der Waals surface area contributed by atoms with Gasteiger partial charge in [0, 0.05) is 18.9 Å². The number of rotatable bonds is 6. The highest BCUT2D eigenvalue weighted by Crippen LogP contribution is 2.32. The highest BCUT2D eigenvalue weighted by atomic mass is 35.5. The predicted octanol–water partition coefficient (Wildman–Crippen LogP) is 2.07. The van der Waals surface area contributed by atoms with Crippen molar-refractivity contribution in [3.05, 3.63) is 50.2 Å². The van der Waals surface area contributed by atoms with Crippen molar-refractivity contribution in [3.8, 4) is 0 Å². The van der Waals surface area contributed by atoms with E-state index in [1.165, 1.54) is 25.3 Å². The van der Waals surface area contributed by atoms with E-state index in [9.17, 15) is 19.7 Å². The maximum atomic E-state index is 12.4. The minimum Gasteiger partial charge on any atom is -0.460 e. The first-order valence-electron chi connectivity index (χ1n) is 7.23. The minimum atomic E-state index is -0.903. The first-order valence-corrected chi connectivity index (χ1v) is 7.61. The Hall–Kier alpha value is -2.65. The van der Waals surface area contributed by atoms with Crippen LogP contribution < -0.4 is 10.6 Å². The van der Waals surface area contributed by atoms with Gasteiger partial charge in [-0.2, -0.15) is 0 Å². The molecule has 0 saturated carbocycles. The van der Waals surface area contributed by atoms with Crippen molar-refractivity contribution >= 4 is 29.3 Å². The van der Waals surface area contributed by atoms with Crippen molar-refractivity contribution in [2.24, 2.45) is 0 Å². The SMILES string of the molecule is COCCOC(=O)C1=C(C)NC(=O)N[C@H]1c1ccc(Cl)c([N+](=O)[O-])c1. The highest BCUT2D eigenvalue weighted by molar-refractivity contribution is 6.32. The topological polar surface area (TPSA) is 120 Å². The van der Waals surface area contributed by atoms with Crippen molar-refractivity contribution in [3.63, 3.8) is 0 Å². The smallest absolute Gasteiger partial charge is 0.338 e. The summed E-state index contributed by atoms with van der Waals surface area (Å²) in [4.78, 5) is 34.6. The van der Waals surface area contributed by atoms with Crippen molar-refractivity contribution in [1.29, 1.82) is 0 Å². The molecule has 0 unspecified atom stereocenters. The maximum Gasteiger partial charge on any atom is 0.338 e. The largest absolute Gasteiger partial charge is 0.460 e. The van der Waals surface area contributed by atoms with E-state index < -0.39 is 23.0 Å². The number of nitrogens with one attached hydrogen (secondary N) is 2. The van der Waals surface area contributed by atoms with E-state index in [-0.39, 0.29) is 29.5 Å². The monoisotopic (exact) mass is 369 g/mol. The molecule has 0 aromatic heterocycles. The third kappa shape index (κ3) is 4.25. The molecule has 0 bridgehead atoms. The Morgan fingerprint density at radius 3 is 2.76 bits per heavy atom. The number of allylic oxidation sites excluding steroid dienone is 1. The second-order valence-corrected chi connectivity index (χ2v) is 5.57. The van der Waals surface area contributed by atoms with Gasteiger partial charge >= 0.3 is 12.0 Å². The van der Waals surface area contributed by atoms with Gasteiger partial charge in [-0.15, -0.1) is 0 Å². The molecule has 1 heterocycles. The van der Waals surface area contributed by atoms with E-state index >= 15 is 0 Å². The van der Waals surface area contributed by atoms with E-state index in [0.717, 1.165) is 0 Å². The quantitative estimate of drug-likeness (QED) is 0.343. The van der Waals surface area contributed by atoms with Crippen LogP contribution in [0.15, 0.2) is 29.5 Å². The van der Waals surface area contributed by atoms with Gasteiger partial charge in [0.25, 0.3) is 5.69 Å². The van der Waals surface area contributed by atoms with Crippen LogP contribution in [0.5, 0.6) is 0 Å². The number of nitrogens with zero attached hydrogens (tertiary/aromatic N) is 1. The number of nitro groups is 1. The van der Waals surface area contributed by atoms with Crippen LogP contribution in [-0.4, -0.2) is 37.2 Å². The second kappa shape index (κ2) is 7.95. The molecule has 0 spiro atoms. The lowest BCUT2D eigenvalue weighted by molar-refractivity contribution is -0.384. The summed E-state index contributed by atoms with van der Waals surface area (Å²) in [6.45, 7) is 1.80. The Morgan fingerprint density at radius 1 is 1.40 bits per heavy atom. The fourth-order valence-electron chi connectivity index (χ4n) is 2.36. The zero-order valence-corrected chi connectivity index (χ0v) is 14.3. The molecule has 0 radical (unpaired) electrons. The van der Waals surface area contributed by atoms with E-state index in [4.69, 9.17) is 21.1 Å². The van der Waals surface area contributed by atoms with Crippen LogP contribution in [0.2, 0.25) is 5.02 Å². The number of urea groups is 1. The number of methoxy groups -OCH3 is 1. The second-order valence-electron chi connectivity index (χ2n) is 5.17. The fraction of sp³-hybridized carbons (Fsp3) is 0.333. The summed E-state index contributed by atoms with van der Waals surface area (Å²) in [5.74, 6) is -0.662. The van der Waals surface area contributed by atoms with Gasteiger partial charge in [0.15, 0.2) is 0 Å². The number of ether oxygens (including phenoxy) is 2. The molecule has 1 atom stereocenters. The number of nitro benzene ring substituents is 1. The number of carbonyl (C=O) groups excluding carboxylic acids is 2. The third-order valence-electron chi connectivity index (χ3n) is 3.51. The number of hydrogen-bond donors (Lipinski definition) is 2. The molecular weight excluding hydrogens is 354 g/mol. The van der Waals surface area contributed by atoms with Gasteiger partial charge in [-0.25, -0.2) is 9.59 Å². The summed E-state index contributed by atoms with van der Waals surface area (Å²) in [5, 5.41) is 16.1. The van der Waals surface area contributed by atoms with Crippen LogP contribution in [0.4, 0.5) is 10.5 Å². The Balaban J connectivity index is 2.40. The van der Waals surface area contributed by atoms with Crippen molar-refractivity contribution in [2.45, 2.75) is 13.0 Å². The highest BCUT2D eigenvalue weighted by Gasteiger charge is 2.33. The molecule has 1 aliphatic rings. The first-order chi connectivity index (χ1) is 11.8. The number of halogens is 1. The van der Waals surface area contributed by atoms with Gasteiger partial charge in [-0.3, -0.25) is 10.1 Å². The van der Waals surface area contributed by atoms with Crippen molar-refractivity contribution in [2.75, 3.05) is 20.3 Å². The van der Waals surface area contributed by atoms with Crippen LogP contribution in [-0.2, 0) is 14.3 Å². The molecule has 0 saturated heterocycles. The van der Waals surface area contributed by atoms with Crippen LogP contribution in [0.3, 0.4) is 0 Å². The van der Waals surface area contributed by atoms with E-state index in [2.05, 4.69) is 10.6 Å². The van der Waals surface area contributed by atoms with Gasteiger partial charge in [0.1, 0.15) is 11.6 Å². The molecular formula is C15H16ClN3O6. The van der Waals surface area contributed by atoms with Crippen LogP contribution in [0, 0.1) is 10.1 Å². The van der Waals surface area contributed by atoms with Crippen LogP contribution in [0.1, 0.15) is 18.5 Å². The van der Waals surface area contributed by atoms with Crippen LogP contribution >= 0.6 is 11.6 Å². The average molecular weight is 370 g/mol. The van der Waals surface area contributed by atoms with Gasteiger partial charge in [0.2, 0.25) is 0 Å². The molecule has 25 heavy (non-hydrogen) atoms. The Morgan fingerprint density at radius 2 is 2.12 bits per heavy atom. The van der Waals surface area contributed by atoms with E-state index in [1.54, 1.807) is 6.92 Å². The van der Waals surface area contributed by atoms with E-state index in [1.807, 2.05) is 0 Å². The lowest BCUT2D eigenvalue weighted by Crippen LogP contribution is -2.45. The van der Waals surface area contributed by atoms with Gasteiger partial charge < -0.3 is 20.1 Å². The van der Waals surface area contributed by atoms with Gasteiger partial charge in [0.05, 0.1) is 23.1 Å². The Bertz CT molecular complexity index is 749. The number of carbonyl (C=O) groups is 2. The summed E-state index contributed by atoms with van der Waals surface area (Å²) in [5.41, 5.74) is 0.460. The zero-order valence-electron chi connectivity index (χ0n) is 13.5. The fourth-order valence-corrected chi connectivity index (χ4v) is 2.55. The number of benzene rings is 1. The van der Waals surface area contributed by atoms with Crippen molar-refractivity contribution < 1.29 is 24.0 Å². The normalized spacial score (nSPS) is 16.9. The van der Waals surface area contributed by atoms with E-state index in [0.29, 0.717) is 11.3 Å². The van der Waals surface area contributed by atoms with Crippen LogP contribution in [0.25, 0.3) is 0 Å². The van der Waals surface area contributed by atoms with Crippen molar-refractivity contribution in [1.82, 2.24) is 10.6 Å². The lowest BCUT2D eigenvalue weighted by Gasteiger charge is -2.28. The molecule has 9 nitrogen and oxygen atoms in total. The standard InChI is InChI=1S/C15H16ClN3O6/c1-8-12(14(20)25-6-5-24-2)13(18-15(21)17-8)9-3-4-10(16)11(7-9)19(22)23/h3-4,7,13H,5-6H2,1-2H3,(H2,17,18,21)/t13-/m0/s1. The maximum absolute atomic E-state index is 12.4. The summed E-state index contributed by atoms with van der Waals surface area (Å²) in [6.07, 6.45) is 0. The summed E-state index contributed by atoms with van der Waals surface area (Å²) in [6, 6.07) is 2.62. The van der Waals surface area contributed by atoms with Gasteiger partial charge in [-0.05, 0) is 18.6 Å².